The molecule has 0 aliphatic carbocycles. The van der Waals surface area contributed by atoms with Crippen LogP contribution in [0.5, 0.6) is 0 Å². The minimum Gasteiger partial charge on any atom is -0.378 e. The first-order valence-corrected chi connectivity index (χ1v) is 6.67. The second-order valence-corrected chi connectivity index (χ2v) is 4.97. The van der Waals surface area contributed by atoms with Gasteiger partial charge < -0.3 is 18.8 Å². The van der Waals surface area contributed by atoms with E-state index in [0.717, 1.165) is 5.39 Å². The van der Waals surface area contributed by atoms with Gasteiger partial charge in [0, 0.05) is 37.9 Å². The van der Waals surface area contributed by atoms with Gasteiger partial charge in [-0.15, -0.1) is 0 Å². The van der Waals surface area contributed by atoms with Gasteiger partial charge in [-0.05, 0) is 12.1 Å². The van der Waals surface area contributed by atoms with Crippen molar-refractivity contribution in [3.63, 3.8) is 0 Å². The average Bonchev–Trinajstić information content (AvgIpc) is 2.85. The highest BCUT2D eigenvalue weighted by Crippen LogP contribution is 2.09. The fourth-order valence-electron chi connectivity index (χ4n) is 2.52. The number of carbonyl (C=O) groups is 1. The van der Waals surface area contributed by atoms with Crippen molar-refractivity contribution in [1.82, 2.24) is 14.0 Å². The zero-order valence-electron chi connectivity index (χ0n) is 11.4. The van der Waals surface area contributed by atoms with Crippen LogP contribution in [-0.2, 0) is 23.1 Å². The summed E-state index contributed by atoms with van der Waals surface area (Å²) in [4.78, 5) is 26.3. The van der Waals surface area contributed by atoms with Gasteiger partial charge in [0.1, 0.15) is 12.1 Å². The molecule has 0 radical (unpaired) electrons. The van der Waals surface area contributed by atoms with Gasteiger partial charge in [0.05, 0.1) is 13.2 Å². The summed E-state index contributed by atoms with van der Waals surface area (Å²) < 4.78 is 8.48. The van der Waals surface area contributed by atoms with E-state index in [1.165, 1.54) is 4.57 Å². The Morgan fingerprint density at radius 1 is 1.25 bits per heavy atom. The summed E-state index contributed by atoms with van der Waals surface area (Å²) in [5.74, 6) is -0.0380. The smallest absolute Gasteiger partial charge is 0.275 e. The third kappa shape index (κ3) is 2.22. The second kappa shape index (κ2) is 5.13. The lowest BCUT2D eigenvalue weighted by Gasteiger charge is -2.27. The molecule has 3 rings (SSSR count). The first kappa shape index (κ1) is 12.9. The molecule has 0 aromatic carbocycles. The highest BCUT2D eigenvalue weighted by molar-refractivity contribution is 5.80. The molecule has 2 aromatic heterocycles. The van der Waals surface area contributed by atoms with E-state index in [4.69, 9.17) is 4.74 Å². The summed E-state index contributed by atoms with van der Waals surface area (Å²) >= 11 is 0. The van der Waals surface area contributed by atoms with E-state index in [9.17, 15) is 9.59 Å². The van der Waals surface area contributed by atoms with Gasteiger partial charge >= 0.3 is 0 Å². The van der Waals surface area contributed by atoms with Crippen LogP contribution in [0.1, 0.15) is 0 Å². The van der Waals surface area contributed by atoms with Crippen LogP contribution in [0.2, 0.25) is 0 Å². The van der Waals surface area contributed by atoms with Crippen molar-refractivity contribution < 1.29 is 9.53 Å². The Morgan fingerprint density at radius 2 is 1.95 bits per heavy atom. The predicted octanol–water partition coefficient (Wildman–Crippen LogP) is 0.199. The SMILES string of the molecule is Cn1ccc2ccn(CC(=O)N3CCOCC3)c(=O)c21. The number of nitrogens with zero attached hydrogens (tertiary/aromatic N) is 3. The normalized spacial score (nSPS) is 15.8. The zero-order valence-corrected chi connectivity index (χ0v) is 11.4. The van der Waals surface area contributed by atoms with Crippen molar-refractivity contribution in [3.05, 3.63) is 34.9 Å². The molecule has 1 saturated heterocycles. The van der Waals surface area contributed by atoms with Crippen LogP contribution < -0.4 is 5.56 Å². The van der Waals surface area contributed by atoms with Crippen molar-refractivity contribution in [3.8, 4) is 0 Å². The molecule has 0 unspecified atom stereocenters. The van der Waals surface area contributed by atoms with Gasteiger partial charge in [0.25, 0.3) is 5.56 Å². The van der Waals surface area contributed by atoms with Crippen LogP contribution in [0.15, 0.2) is 29.3 Å². The zero-order chi connectivity index (χ0) is 14.1. The van der Waals surface area contributed by atoms with E-state index in [0.29, 0.717) is 31.8 Å². The molecular weight excluding hydrogens is 258 g/mol. The maximum absolute atomic E-state index is 12.4. The topological polar surface area (TPSA) is 56.5 Å². The van der Waals surface area contributed by atoms with Crippen molar-refractivity contribution in [2.45, 2.75) is 6.54 Å². The largest absolute Gasteiger partial charge is 0.378 e. The molecule has 0 spiro atoms. The Kier molecular flexibility index (Phi) is 3.31. The summed E-state index contributed by atoms with van der Waals surface area (Å²) in [6.45, 7) is 2.41. The molecule has 1 fully saturated rings. The predicted molar refractivity (Wildman–Crippen MR) is 74.6 cm³/mol. The third-order valence-electron chi connectivity index (χ3n) is 3.67. The molecule has 6 heteroatoms. The molecule has 20 heavy (non-hydrogen) atoms. The molecular formula is C14H17N3O3. The quantitative estimate of drug-likeness (QED) is 0.786. The molecule has 3 heterocycles. The molecule has 1 aliphatic rings. The lowest BCUT2D eigenvalue weighted by atomic mass is 10.3. The monoisotopic (exact) mass is 275 g/mol. The number of aromatic nitrogens is 2. The molecule has 0 atom stereocenters. The third-order valence-corrected chi connectivity index (χ3v) is 3.67. The van der Waals surface area contributed by atoms with E-state index < -0.39 is 0 Å². The van der Waals surface area contributed by atoms with Crippen molar-refractivity contribution in [2.75, 3.05) is 26.3 Å². The van der Waals surface area contributed by atoms with Crippen molar-refractivity contribution >= 4 is 16.8 Å². The maximum Gasteiger partial charge on any atom is 0.275 e. The van der Waals surface area contributed by atoms with Crippen LogP contribution in [0, 0.1) is 0 Å². The summed E-state index contributed by atoms with van der Waals surface area (Å²) in [6, 6.07) is 3.76. The molecule has 1 amide bonds. The molecule has 1 aliphatic heterocycles. The van der Waals surface area contributed by atoms with Gasteiger partial charge in [0.2, 0.25) is 5.91 Å². The summed E-state index contributed by atoms with van der Waals surface area (Å²) in [5.41, 5.74) is 0.499. The Morgan fingerprint density at radius 3 is 2.70 bits per heavy atom. The van der Waals surface area contributed by atoms with Crippen LogP contribution in [-0.4, -0.2) is 46.2 Å². The highest BCUT2D eigenvalue weighted by Gasteiger charge is 2.18. The number of aryl methyl sites for hydroxylation is 1. The second-order valence-electron chi connectivity index (χ2n) is 4.97. The number of carbonyl (C=O) groups excluding carboxylic acids is 1. The number of hydrogen-bond donors (Lipinski definition) is 0. The average molecular weight is 275 g/mol. The number of morpholine rings is 1. The minimum absolute atomic E-state index is 0.0380. The first-order chi connectivity index (χ1) is 9.66. The van der Waals surface area contributed by atoms with Crippen LogP contribution in [0.3, 0.4) is 0 Å². The van der Waals surface area contributed by atoms with E-state index >= 15 is 0 Å². The van der Waals surface area contributed by atoms with Crippen LogP contribution in [0.25, 0.3) is 10.9 Å². The number of pyridine rings is 1. The van der Waals surface area contributed by atoms with Gasteiger partial charge in [-0.1, -0.05) is 0 Å². The molecule has 0 saturated carbocycles. The fourth-order valence-corrected chi connectivity index (χ4v) is 2.52. The molecule has 6 nitrogen and oxygen atoms in total. The van der Waals surface area contributed by atoms with E-state index in [2.05, 4.69) is 0 Å². The summed E-state index contributed by atoms with van der Waals surface area (Å²) in [6.07, 6.45) is 3.53. The van der Waals surface area contributed by atoms with Gasteiger partial charge in [-0.2, -0.15) is 0 Å². The lowest BCUT2D eigenvalue weighted by molar-refractivity contribution is -0.135. The maximum atomic E-state index is 12.4. The minimum atomic E-state index is -0.128. The number of rotatable bonds is 2. The molecule has 0 N–H and O–H groups in total. The molecule has 0 bridgehead atoms. The Labute approximate surface area is 116 Å². The van der Waals surface area contributed by atoms with E-state index in [1.54, 1.807) is 15.7 Å². The first-order valence-electron chi connectivity index (χ1n) is 6.67. The van der Waals surface area contributed by atoms with Crippen LogP contribution in [0.4, 0.5) is 0 Å². The summed E-state index contributed by atoms with van der Waals surface area (Å²) in [7, 11) is 1.83. The summed E-state index contributed by atoms with van der Waals surface area (Å²) in [5, 5.41) is 0.896. The highest BCUT2D eigenvalue weighted by atomic mass is 16.5. The number of amides is 1. The van der Waals surface area contributed by atoms with Crippen molar-refractivity contribution in [1.29, 1.82) is 0 Å². The van der Waals surface area contributed by atoms with Gasteiger partial charge in [-0.25, -0.2) is 0 Å². The molecule has 106 valence electrons. The Hall–Kier alpha value is -2.08. The lowest BCUT2D eigenvalue weighted by Crippen LogP contribution is -2.43. The number of fused-ring (bicyclic) bond motifs is 1. The van der Waals surface area contributed by atoms with E-state index in [1.807, 2.05) is 25.4 Å². The molecule has 2 aromatic rings. The Bertz CT molecular complexity index is 695. The van der Waals surface area contributed by atoms with Gasteiger partial charge in [0.15, 0.2) is 0 Å². The number of hydrogen-bond acceptors (Lipinski definition) is 3. The van der Waals surface area contributed by atoms with Gasteiger partial charge in [-0.3, -0.25) is 9.59 Å². The fraction of sp³-hybridized carbons (Fsp3) is 0.429. The van der Waals surface area contributed by atoms with Crippen molar-refractivity contribution in [2.24, 2.45) is 7.05 Å². The van der Waals surface area contributed by atoms with Crippen LogP contribution >= 0.6 is 0 Å². The number of ether oxygens (including phenoxy) is 1. The van der Waals surface area contributed by atoms with E-state index in [-0.39, 0.29) is 18.0 Å². The Balaban J connectivity index is 1.87. The standard InChI is InChI=1S/C14H17N3O3/c1-15-4-2-11-3-5-17(14(19)13(11)15)10-12(18)16-6-8-20-9-7-16/h2-5H,6-10H2,1H3.